The standard InChI is InChI=1S/2C10H19N.C9H17NOS.3C9H17N.C8H15NO2S.C8H15N.2C7H13NOS.C7H13N.C6H12N2.3CH4/c2*1-11-8-6-10(7-9-11)4-2-3-5-10;1-10-5-3-9(7-10)4-6-12(2,11)8-9;1-10-7-3-6-9(8-10)4-2-5-9;1-10-7-5-9(6-8-10)3-2-4-9;1-10-7-9(8-10)5-3-2-4-6-9;1-9-5-4-8(7-9)3-2-6-12(8,10)11;1-7-3-2-4-8(7)5-9-6-8;1-8-3-7(4-8)5-10(2,9)6-7;1-8-5-7(6-8)3-4-10(7,2)9;1-6-2-3-7(6)4-8-5-7;1-8-4-6(5-8)2-3-7-6;;;/h2*2-9H2,1H3;2-8H2,1H3;3*2-8H2,1H3;2-7H2,1H3;7,9H,2-6H2,1H3;2*2-6H2,1H3;6,8H,2-5H2,1H3;7H,2-5H2,1H3;3*1H4/t;;;;;;;;;;6-;;;;/m..........1..../s1. The van der Waals surface area contributed by atoms with Crippen LogP contribution >= 0.6 is 0 Å². The minimum absolute atomic E-state index is 0. The maximum Gasteiger partial charge on any atom is 0.157 e. The normalized spacial score (nSPS) is 36.1. The van der Waals surface area contributed by atoms with Crippen LogP contribution < -0.4 is 16.0 Å². The van der Waals surface area contributed by atoms with Crippen LogP contribution in [-0.2, 0) is 38.4 Å². The average Bonchev–Trinajstić information content (AvgIpc) is 1.02. The minimum Gasteiger partial charge on any atom is -0.316 e. The third-order valence-corrected chi connectivity index (χ3v) is 47.4. The van der Waals surface area contributed by atoms with Crippen LogP contribution in [-0.4, -0.2) is 371 Å². The summed E-state index contributed by atoms with van der Waals surface area (Å²) in [6, 6.07) is 0. The van der Waals surface area contributed by atoms with Gasteiger partial charge in [0.2, 0.25) is 0 Å². The van der Waals surface area contributed by atoms with Crippen LogP contribution in [0.4, 0.5) is 0 Å². The first-order chi connectivity index (χ1) is 57.2. The van der Waals surface area contributed by atoms with Crippen LogP contribution in [0.15, 0.2) is 0 Å². The molecule has 18 nitrogen and oxygen atoms in total. The van der Waals surface area contributed by atoms with Crippen LogP contribution in [0.2, 0.25) is 0 Å². The molecule has 0 aromatic carbocycles. The Bertz CT molecular complexity index is 3650. The van der Waals surface area contributed by atoms with Gasteiger partial charge in [-0.15, -0.1) is 0 Å². The first-order valence-corrected chi connectivity index (χ1v) is 58.1. The summed E-state index contributed by atoms with van der Waals surface area (Å²) in [6.07, 6.45) is 55.4. The minimum atomic E-state index is -2.76. The number of nitrogens with one attached hydrogen (secondary N) is 3. The molecule has 24 rings (SSSR count). The van der Waals surface area contributed by atoms with Crippen molar-refractivity contribution >= 4 is 56.0 Å². The van der Waals surface area contributed by atoms with E-state index in [0.29, 0.717) is 22.1 Å². The van der Waals surface area contributed by atoms with Gasteiger partial charge in [-0.05, 0) is 417 Å². The third kappa shape index (κ3) is 26.0. The Morgan fingerprint density at radius 3 is 0.903 bits per heavy atom. The predicted octanol–water partition coefficient (Wildman–Crippen LogP) is 14.3. The Kier molecular flexibility index (Phi) is 36.8. The van der Waals surface area contributed by atoms with E-state index in [4.69, 9.17) is 0 Å². The van der Waals surface area contributed by atoms with Crippen LogP contribution in [0.1, 0.15) is 287 Å². The lowest BCUT2D eigenvalue weighted by Crippen LogP contribution is -2.74. The van der Waals surface area contributed by atoms with Gasteiger partial charge >= 0.3 is 0 Å². The number of likely N-dealkylation sites (tertiary alicyclic amines) is 10. The Balaban J connectivity index is 0.000000141. The first kappa shape index (κ1) is 106. The van der Waals surface area contributed by atoms with Gasteiger partial charge in [-0.3, -0.25) is 12.6 Å². The van der Waals surface area contributed by atoms with Crippen molar-refractivity contribution in [2.24, 2.45) is 60.6 Å². The molecule has 7 saturated carbocycles. The number of hydrogen-bond donors (Lipinski definition) is 3. The number of hydrogen-bond acceptors (Lipinski definition) is 18. The summed E-state index contributed by atoms with van der Waals surface area (Å²) in [7, 11) is 14.0. The van der Waals surface area contributed by atoms with Gasteiger partial charge in [-0.25, -0.2) is 8.42 Å². The Hall–Kier alpha value is -0.510. The molecule has 17 heterocycles. The molecule has 726 valence electrons. The fourth-order valence-electron chi connectivity index (χ4n) is 28.1. The van der Waals surface area contributed by atoms with Crippen molar-refractivity contribution in [3.63, 3.8) is 0 Å². The zero-order chi connectivity index (χ0) is 86.5. The lowest BCUT2D eigenvalue weighted by atomic mass is 9.57. The molecule has 24 aliphatic rings. The SMILES string of the molecule is C.C.C.C=S1(=O)CC2(CN(C)C2)C1.C=S1(=O)CCC12CN(C)C2.C=S1(=O)CCC2(CCN(C)C2)C1.CC1CCCC12CNC2.CN1CC2(CCCCC2)C1.CN1CC2(CCN2)C1.CN1CCC2(CCC2)CC1.CN1CCC2(CCCC2)CC1.CN1CCC2(CCCC2)CC1.CN1CCC2(CCCS2(=O)=O)C1.CN1CCCC2(CCC2)C1.C[C@@H]1CCC12CNC2. The number of likely N-dealkylation sites (N-methyl/N-ethyl adjacent to an activating group) is 1. The van der Waals surface area contributed by atoms with E-state index in [1.165, 1.54) is 336 Å². The fourth-order valence-corrected chi connectivity index (χ4v) is 37.5. The van der Waals surface area contributed by atoms with Crippen LogP contribution in [0.3, 0.4) is 0 Å². The summed E-state index contributed by atoms with van der Waals surface area (Å²) in [6.45, 7) is 35.7. The highest BCUT2D eigenvalue weighted by Crippen LogP contribution is 2.53. The van der Waals surface area contributed by atoms with Gasteiger partial charge in [0.1, 0.15) is 0 Å². The second-order valence-electron chi connectivity index (χ2n) is 48.1. The molecule has 22 heteroatoms. The van der Waals surface area contributed by atoms with Gasteiger partial charge in [0.05, 0.1) is 15.2 Å². The van der Waals surface area contributed by atoms with Crippen molar-refractivity contribution in [3.8, 4) is 0 Å². The van der Waals surface area contributed by atoms with Crippen LogP contribution in [0.25, 0.3) is 0 Å². The third-order valence-electron chi connectivity index (χ3n) is 37.5. The molecular weight excluding hydrogens is 1620 g/mol. The number of rotatable bonds is 0. The summed E-state index contributed by atoms with van der Waals surface area (Å²) < 4.78 is 57.8. The van der Waals surface area contributed by atoms with Gasteiger partial charge in [0.25, 0.3) is 0 Å². The largest absolute Gasteiger partial charge is 0.316 e. The Labute approximate surface area is 767 Å². The molecule has 124 heavy (non-hydrogen) atoms. The first-order valence-electron chi connectivity index (χ1n) is 50.4. The molecule has 0 amide bonds. The van der Waals surface area contributed by atoms with E-state index in [9.17, 15) is 21.0 Å². The second-order valence-corrected chi connectivity index (χ2v) is 58.6. The summed E-state index contributed by atoms with van der Waals surface area (Å²) in [4.78, 5) is 23.7. The van der Waals surface area contributed by atoms with Crippen molar-refractivity contribution in [3.05, 3.63) is 0 Å². The van der Waals surface area contributed by atoms with Crippen molar-refractivity contribution in [1.82, 2.24) is 64.9 Å². The highest BCUT2D eigenvalue weighted by atomic mass is 32.2. The zero-order valence-corrected chi connectivity index (χ0v) is 83.7. The van der Waals surface area contributed by atoms with E-state index in [1.54, 1.807) is 0 Å². The van der Waals surface area contributed by atoms with Gasteiger partial charge in [0.15, 0.2) is 9.84 Å². The number of piperidine rings is 4. The molecular formula is C102H199N13O5S4. The molecule has 12 spiro atoms. The molecule has 0 aromatic rings. The molecule has 24 fully saturated rings. The van der Waals surface area contributed by atoms with E-state index in [0.717, 1.165) is 156 Å². The maximum atomic E-state index is 11.7. The fraction of sp³-hybridized carbons (Fsp3) is 0.971. The van der Waals surface area contributed by atoms with E-state index in [1.807, 2.05) is 7.05 Å². The lowest BCUT2D eigenvalue weighted by molar-refractivity contribution is -0.0118. The van der Waals surface area contributed by atoms with Crippen LogP contribution in [0.5, 0.6) is 0 Å². The summed E-state index contributed by atoms with van der Waals surface area (Å²) >= 11 is 0. The maximum absolute atomic E-state index is 11.7. The van der Waals surface area contributed by atoms with Gasteiger partial charge in [-0.1, -0.05) is 107 Å². The highest BCUT2D eigenvalue weighted by Gasteiger charge is 2.56. The Morgan fingerprint density at radius 2 is 0.645 bits per heavy atom. The quantitative estimate of drug-likeness (QED) is 0.197. The van der Waals surface area contributed by atoms with Crippen molar-refractivity contribution in [2.45, 2.75) is 302 Å². The van der Waals surface area contributed by atoms with Gasteiger partial charge in [-0.2, -0.15) is 0 Å². The topological polar surface area (TPSA) is 154 Å². The smallest absolute Gasteiger partial charge is 0.157 e. The average molecular weight is 1820 g/mol. The Morgan fingerprint density at radius 1 is 0.274 bits per heavy atom. The van der Waals surface area contributed by atoms with Crippen molar-refractivity contribution in [2.75, 3.05) is 269 Å². The molecule has 17 aliphatic heterocycles. The highest BCUT2D eigenvalue weighted by molar-refractivity contribution is 8.03. The van der Waals surface area contributed by atoms with E-state index in [-0.39, 0.29) is 31.8 Å². The molecule has 3 N–H and O–H groups in total. The van der Waals surface area contributed by atoms with Gasteiger partial charge in [0, 0.05) is 138 Å². The molecule has 6 atom stereocenters. The van der Waals surface area contributed by atoms with Crippen molar-refractivity contribution < 1.29 is 21.0 Å². The van der Waals surface area contributed by atoms with Crippen molar-refractivity contribution in [1.29, 1.82) is 0 Å². The van der Waals surface area contributed by atoms with Crippen LogP contribution in [0, 0.1) is 60.6 Å². The molecule has 17 saturated heterocycles. The number of nitrogens with zero attached hydrogens (tertiary/aromatic N) is 10. The summed E-state index contributed by atoms with van der Waals surface area (Å²) in [5, 5.41) is 10.2. The van der Waals surface area contributed by atoms with Gasteiger partial charge < -0.3 is 64.9 Å². The summed E-state index contributed by atoms with van der Waals surface area (Å²) in [5.74, 6) is 18.1. The zero-order valence-electron chi connectivity index (χ0n) is 80.4. The van der Waals surface area contributed by atoms with E-state index in [2.05, 4.69) is 160 Å². The molecule has 0 bridgehead atoms. The second kappa shape index (κ2) is 43.2. The monoisotopic (exact) mass is 1810 g/mol. The molecule has 7 aliphatic carbocycles. The van der Waals surface area contributed by atoms with E-state index < -0.39 is 38.4 Å². The summed E-state index contributed by atoms with van der Waals surface area (Å²) in [5.41, 5.74) is 7.03. The number of sulfone groups is 1. The lowest BCUT2D eigenvalue weighted by Gasteiger charge is -2.56. The molecule has 0 radical (unpaired) electrons. The van der Waals surface area contributed by atoms with E-state index >= 15 is 0 Å². The predicted molar refractivity (Wildman–Crippen MR) is 541 cm³/mol. The molecule has 0 aromatic heterocycles. The molecule has 5 unspecified atom stereocenters.